The number of hydrogen-bond acceptors (Lipinski definition) is 4. The first-order valence-electron chi connectivity index (χ1n) is 9.31. The van der Waals surface area contributed by atoms with Gasteiger partial charge in [0.2, 0.25) is 0 Å². The van der Waals surface area contributed by atoms with Gasteiger partial charge in [0.1, 0.15) is 12.4 Å². The van der Waals surface area contributed by atoms with Crippen LogP contribution in [0.2, 0.25) is 0 Å². The van der Waals surface area contributed by atoms with E-state index in [0.717, 1.165) is 37.8 Å². The van der Waals surface area contributed by atoms with Crippen LogP contribution >= 0.6 is 0 Å². The number of likely N-dealkylation sites (tertiary alicyclic amines) is 1. The molecule has 7 heteroatoms. The van der Waals surface area contributed by atoms with Crippen molar-refractivity contribution >= 4 is 5.96 Å². The van der Waals surface area contributed by atoms with Gasteiger partial charge in [0.15, 0.2) is 5.96 Å². The molecule has 0 saturated carbocycles. The third kappa shape index (κ3) is 4.74. The Morgan fingerprint density at radius 2 is 2.31 bits per heavy atom. The fraction of sp³-hybridized carbons (Fsp3) is 0.526. The van der Waals surface area contributed by atoms with Crippen LogP contribution in [0.5, 0.6) is 5.75 Å². The van der Waals surface area contributed by atoms with Crippen molar-refractivity contribution in [3.8, 4) is 5.75 Å². The van der Waals surface area contributed by atoms with Gasteiger partial charge in [-0.3, -0.25) is 4.98 Å². The third-order valence-corrected chi connectivity index (χ3v) is 4.72. The van der Waals surface area contributed by atoms with Crippen LogP contribution in [0.25, 0.3) is 0 Å². The Morgan fingerprint density at radius 3 is 3.04 bits per heavy atom. The van der Waals surface area contributed by atoms with E-state index in [4.69, 9.17) is 9.73 Å². The van der Waals surface area contributed by atoms with E-state index in [9.17, 15) is 0 Å². The second-order valence-electron chi connectivity index (χ2n) is 6.56. The minimum atomic E-state index is 0.418. The number of nitrogens with zero attached hydrogens (tertiary/aromatic N) is 5. The monoisotopic (exact) mass is 356 g/mol. The first-order valence-corrected chi connectivity index (χ1v) is 9.31. The minimum Gasteiger partial charge on any atom is -0.490 e. The molecule has 1 fully saturated rings. The Balaban J connectivity index is 1.59. The highest BCUT2D eigenvalue weighted by Crippen LogP contribution is 2.27. The molecule has 1 aliphatic rings. The Kier molecular flexibility index (Phi) is 6.46. The van der Waals surface area contributed by atoms with Gasteiger partial charge in [-0.15, -0.1) is 0 Å². The summed E-state index contributed by atoms with van der Waals surface area (Å²) in [5.41, 5.74) is 0. The maximum atomic E-state index is 5.69. The number of piperidine rings is 1. The number of rotatable bonds is 6. The lowest BCUT2D eigenvalue weighted by Gasteiger charge is -2.39. The fourth-order valence-electron chi connectivity index (χ4n) is 3.27. The summed E-state index contributed by atoms with van der Waals surface area (Å²) in [6.07, 6.45) is 10.4. The number of ether oxygens (including phenoxy) is 1. The van der Waals surface area contributed by atoms with Crippen LogP contribution in [-0.2, 0) is 0 Å². The topological polar surface area (TPSA) is 67.6 Å². The molecule has 7 nitrogen and oxygen atoms in total. The van der Waals surface area contributed by atoms with E-state index in [-0.39, 0.29) is 0 Å². The van der Waals surface area contributed by atoms with E-state index in [1.54, 1.807) is 12.4 Å². The zero-order valence-corrected chi connectivity index (χ0v) is 15.6. The van der Waals surface area contributed by atoms with Crippen molar-refractivity contribution in [2.24, 2.45) is 10.9 Å². The average molecular weight is 356 g/mol. The number of pyridine rings is 1. The lowest BCUT2D eigenvalue weighted by atomic mass is 9.93. The van der Waals surface area contributed by atoms with Crippen LogP contribution in [-0.4, -0.2) is 58.2 Å². The summed E-state index contributed by atoms with van der Waals surface area (Å²) in [5.74, 6) is 2.36. The highest BCUT2D eigenvalue weighted by Gasteiger charge is 2.28. The maximum Gasteiger partial charge on any atom is 0.194 e. The summed E-state index contributed by atoms with van der Waals surface area (Å²) in [5, 5.41) is 3.41. The van der Waals surface area contributed by atoms with E-state index in [2.05, 4.69) is 44.8 Å². The Bertz CT molecular complexity index is 673. The predicted octanol–water partition coefficient (Wildman–Crippen LogP) is 2.21. The molecule has 2 aromatic heterocycles. The van der Waals surface area contributed by atoms with Crippen LogP contribution in [0.1, 0.15) is 26.3 Å². The van der Waals surface area contributed by atoms with Crippen LogP contribution in [0.4, 0.5) is 0 Å². The quantitative estimate of drug-likeness (QED) is 0.488. The standard InChI is InChI=1S/C19H28N6O/c1-3-22-19(23-9-12-26-17-5-4-7-20-13-17)24-10-6-16(2)18(14-24)25-11-8-21-15-25/h4-5,7-8,11,13,15-16,18H,3,6,9-10,12,14H2,1-2H3,(H,22,23). The number of aromatic nitrogens is 3. The molecule has 2 unspecified atom stereocenters. The van der Waals surface area contributed by atoms with Gasteiger partial charge in [-0.25, -0.2) is 9.98 Å². The summed E-state index contributed by atoms with van der Waals surface area (Å²) in [6.45, 7) is 8.36. The van der Waals surface area contributed by atoms with Gasteiger partial charge in [0.05, 0.1) is 25.1 Å². The molecule has 0 radical (unpaired) electrons. The fourth-order valence-corrected chi connectivity index (χ4v) is 3.27. The molecular weight excluding hydrogens is 328 g/mol. The number of guanidine groups is 1. The second-order valence-corrected chi connectivity index (χ2v) is 6.56. The summed E-state index contributed by atoms with van der Waals surface area (Å²) in [6, 6.07) is 4.19. The van der Waals surface area contributed by atoms with Crippen LogP contribution in [0.3, 0.4) is 0 Å². The minimum absolute atomic E-state index is 0.418. The molecule has 0 aliphatic carbocycles. The zero-order valence-electron chi connectivity index (χ0n) is 15.6. The average Bonchev–Trinajstić information content (AvgIpc) is 3.20. The molecule has 1 N–H and O–H groups in total. The van der Waals surface area contributed by atoms with Crippen molar-refractivity contribution < 1.29 is 4.74 Å². The summed E-state index contributed by atoms with van der Waals surface area (Å²) in [7, 11) is 0. The van der Waals surface area contributed by atoms with Crippen molar-refractivity contribution in [3.05, 3.63) is 43.2 Å². The van der Waals surface area contributed by atoms with Gasteiger partial charge < -0.3 is 19.5 Å². The molecule has 0 bridgehead atoms. The summed E-state index contributed by atoms with van der Waals surface area (Å²) < 4.78 is 7.90. The number of aliphatic imine (C=N–C) groups is 1. The Hall–Kier alpha value is -2.57. The normalized spacial score (nSPS) is 20.8. The predicted molar refractivity (Wildman–Crippen MR) is 102 cm³/mol. The molecule has 26 heavy (non-hydrogen) atoms. The lowest BCUT2D eigenvalue weighted by Crippen LogP contribution is -2.49. The largest absolute Gasteiger partial charge is 0.490 e. The first kappa shape index (κ1) is 18.2. The molecule has 2 aromatic rings. The molecule has 140 valence electrons. The molecule has 0 amide bonds. The van der Waals surface area contributed by atoms with Gasteiger partial charge in [-0.2, -0.15) is 0 Å². The van der Waals surface area contributed by atoms with Crippen LogP contribution in [0.15, 0.2) is 48.2 Å². The van der Waals surface area contributed by atoms with E-state index < -0.39 is 0 Å². The van der Waals surface area contributed by atoms with Gasteiger partial charge in [0.25, 0.3) is 0 Å². The SMILES string of the molecule is CCNC(=NCCOc1cccnc1)N1CCC(C)C(n2ccnc2)C1. The van der Waals surface area contributed by atoms with Crippen LogP contribution in [0, 0.1) is 5.92 Å². The van der Waals surface area contributed by atoms with Crippen LogP contribution < -0.4 is 10.1 Å². The summed E-state index contributed by atoms with van der Waals surface area (Å²) in [4.78, 5) is 15.4. The molecule has 1 saturated heterocycles. The Morgan fingerprint density at radius 1 is 1.38 bits per heavy atom. The number of imidazole rings is 1. The smallest absolute Gasteiger partial charge is 0.194 e. The molecule has 0 spiro atoms. The highest BCUT2D eigenvalue weighted by atomic mass is 16.5. The first-order chi connectivity index (χ1) is 12.8. The van der Waals surface area contributed by atoms with Crippen molar-refractivity contribution in [1.82, 2.24) is 24.8 Å². The van der Waals surface area contributed by atoms with E-state index in [1.165, 1.54) is 0 Å². The third-order valence-electron chi connectivity index (χ3n) is 4.72. The van der Waals surface area contributed by atoms with Crippen molar-refractivity contribution in [2.45, 2.75) is 26.3 Å². The molecule has 0 aromatic carbocycles. The van der Waals surface area contributed by atoms with Gasteiger partial charge in [0, 0.05) is 38.2 Å². The van der Waals surface area contributed by atoms with Gasteiger partial charge in [-0.05, 0) is 31.4 Å². The molecule has 3 heterocycles. The number of hydrogen-bond donors (Lipinski definition) is 1. The van der Waals surface area contributed by atoms with E-state index in [0.29, 0.717) is 25.1 Å². The highest BCUT2D eigenvalue weighted by molar-refractivity contribution is 5.80. The van der Waals surface area contributed by atoms with E-state index >= 15 is 0 Å². The van der Waals surface area contributed by atoms with Gasteiger partial charge >= 0.3 is 0 Å². The molecule has 2 atom stereocenters. The number of nitrogens with one attached hydrogen (secondary N) is 1. The van der Waals surface area contributed by atoms with Crippen molar-refractivity contribution in [1.29, 1.82) is 0 Å². The Labute approximate surface area is 155 Å². The summed E-state index contributed by atoms with van der Waals surface area (Å²) >= 11 is 0. The van der Waals surface area contributed by atoms with Crippen molar-refractivity contribution in [2.75, 3.05) is 32.8 Å². The van der Waals surface area contributed by atoms with Crippen molar-refractivity contribution in [3.63, 3.8) is 0 Å². The molecular formula is C19H28N6O. The zero-order chi connectivity index (χ0) is 18.2. The van der Waals surface area contributed by atoms with Gasteiger partial charge in [-0.1, -0.05) is 6.92 Å². The molecule has 3 rings (SSSR count). The second kappa shape index (κ2) is 9.22. The lowest BCUT2D eigenvalue weighted by molar-refractivity contribution is 0.188. The van der Waals surface area contributed by atoms with E-state index in [1.807, 2.05) is 24.7 Å². The maximum absolute atomic E-state index is 5.69. The molecule has 1 aliphatic heterocycles.